The summed E-state index contributed by atoms with van der Waals surface area (Å²) in [6, 6.07) is 18.8. The van der Waals surface area contributed by atoms with Crippen LogP contribution in [0.15, 0.2) is 54.6 Å². The molecule has 0 spiro atoms. The highest BCUT2D eigenvalue weighted by Crippen LogP contribution is 2.28. The molecule has 0 bridgehead atoms. The number of aliphatic hydroxyl groups excluding tert-OH is 1. The van der Waals surface area contributed by atoms with E-state index in [2.05, 4.69) is 66.1 Å². The van der Waals surface area contributed by atoms with Crippen LogP contribution in [0.3, 0.4) is 0 Å². The van der Waals surface area contributed by atoms with Gasteiger partial charge in [-0.1, -0.05) is 62.4 Å². The lowest BCUT2D eigenvalue weighted by Gasteiger charge is -2.35. The first-order valence-electron chi connectivity index (χ1n) is 10.5. The molecule has 2 atom stereocenters. The lowest BCUT2D eigenvalue weighted by atomic mass is 9.98. The van der Waals surface area contributed by atoms with E-state index in [0.717, 1.165) is 44.9 Å². The number of hydrogen-bond donors (Lipinski definition) is 1. The fourth-order valence-corrected chi connectivity index (χ4v) is 3.75. The normalized spacial score (nSPS) is 18.0. The summed E-state index contributed by atoms with van der Waals surface area (Å²) in [6.45, 7) is 10.5. The average Bonchev–Trinajstić information content (AvgIpc) is 2.74. The SMILES string of the molecule is CC[C@H](C)c1ccccc1OC[C@@H](O)CN1CCN(Cc2ccccc2)CC1. The zero-order valence-corrected chi connectivity index (χ0v) is 17.3. The Balaban J connectivity index is 1.41. The molecule has 0 aliphatic carbocycles. The number of β-amino-alcohol motifs (C(OH)–C–C–N with tert-alkyl or cyclic N) is 1. The molecule has 0 amide bonds. The minimum atomic E-state index is -0.467. The number of nitrogens with zero attached hydrogens (tertiary/aromatic N) is 2. The molecule has 0 saturated carbocycles. The zero-order valence-electron chi connectivity index (χ0n) is 17.3. The van der Waals surface area contributed by atoms with E-state index in [1.807, 2.05) is 12.1 Å². The second-order valence-electron chi connectivity index (χ2n) is 7.87. The van der Waals surface area contributed by atoms with Crippen molar-refractivity contribution in [3.8, 4) is 5.75 Å². The van der Waals surface area contributed by atoms with Crippen LogP contribution < -0.4 is 4.74 Å². The Labute approximate surface area is 169 Å². The molecule has 2 aromatic carbocycles. The van der Waals surface area contributed by atoms with Gasteiger partial charge in [-0.05, 0) is 29.5 Å². The Morgan fingerprint density at radius 1 is 0.929 bits per heavy atom. The number of ether oxygens (including phenoxy) is 1. The quantitative estimate of drug-likeness (QED) is 0.716. The minimum absolute atomic E-state index is 0.345. The summed E-state index contributed by atoms with van der Waals surface area (Å²) in [4.78, 5) is 4.83. The Hall–Kier alpha value is -1.88. The van der Waals surface area contributed by atoms with E-state index in [1.54, 1.807) is 0 Å². The molecule has 1 aliphatic rings. The monoisotopic (exact) mass is 382 g/mol. The Morgan fingerprint density at radius 3 is 2.29 bits per heavy atom. The fraction of sp³-hybridized carbons (Fsp3) is 0.500. The van der Waals surface area contributed by atoms with Gasteiger partial charge in [0.05, 0.1) is 0 Å². The standard InChI is InChI=1S/C24H34N2O2/c1-3-20(2)23-11-7-8-12-24(23)28-19-22(27)18-26-15-13-25(14-16-26)17-21-9-5-4-6-10-21/h4-12,20,22,27H,3,13-19H2,1-2H3/t20-,22-/m0/s1. The molecular formula is C24H34N2O2. The molecule has 0 radical (unpaired) electrons. The molecule has 152 valence electrons. The number of benzene rings is 2. The van der Waals surface area contributed by atoms with E-state index in [0.29, 0.717) is 19.1 Å². The van der Waals surface area contributed by atoms with Gasteiger partial charge in [0.1, 0.15) is 18.5 Å². The van der Waals surface area contributed by atoms with E-state index in [9.17, 15) is 5.11 Å². The topological polar surface area (TPSA) is 35.9 Å². The van der Waals surface area contributed by atoms with Crippen LogP contribution in [0.5, 0.6) is 5.75 Å². The van der Waals surface area contributed by atoms with E-state index in [4.69, 9.17) is 4.74 Å². The van der Waals surface area contributed by atoms with Crippen molar-refractivity contribution in [3.05, 3.63) is 65.7 Å². The third-order valence-corrected chi connectivity index (χ3v) is 5.68. The summed E-state index contributed by atoms with van der Waals surface area (Å²) in [6.07, 6.45) is 0.613. The van der Waals surface area contributed by atoms with Crippen LogP contribution in [0.4, 0.5) is 0 Å². The van der Waals surface area contributed by atoms with Crippen molar-refractivity contribution in [2.75, 3.05) is 39.3 Å². The molecule has 1 heterocycles. The first kappa shape index (κ1) is 20.8. The van der Waals surface area contributed by atoms with Crippen molar-refractivity contribution >= 4 is 0 Å². The van der Waals surface area contributed by atoms with Gasteiger partial charge in [-0.15, -0.1) is 0 Å². The molecule has 1 N–H and O–H groups in total. The molecule has 3 rings (SSSR count). The largest absolute Gasteiger partial charge is 0.491 e. The Morgan fingerprint density at radius 2 is 1.57 bits per heavy atom. The summed E-state index contributed by atoms with van der Waals surface area (Å²) in [5.74, 6) is 1.37. The first-order chi connectivity index (χ1) is 13.7. The highest BCUT2D eigenvalue weighted by molar-refractivity contribution is 5.35. The second-order valence-corrected chi connectivity index (χ2v) is 7.87. The molecule has 28 heavy (non-hydrogen) atoms. The van der Waals surface area contributed by atoms with Gasteiger partial charge in [-0.2, -0.15) is 0 Å². The van der Waals surface area contributed by atoms with Crippen LogP contribution >= 0.6 is 0 Å². The summed E-state index contributed by atoms with van der Waals surface area (Å²) < 4.78 is 5.98. The van der Waals surface area contributed by atoms with Crippen molar-refractivity contribution in [2.45, 2.75) is 38.8 Å². The zero-order chi connectivity index (χ0) is 19.8. The second kappa shape index (κ2) is 10.6. The van der Waals surface area contributed by atoms with Gasteiger partial charge in [0.15, 0.2) is 0 Å². The van der Waals surface area contributed by atoms with Gasteiger partial charge in [0.2, 0.25) is 0 Å². The van der Waals surface area contributed by atoms with Gasteiger partial charge >= 0.3 is 0 Å². The molecule has 0 unspecified atom stereocenters. The summed E-state index contributed by atoms with van der Waals surface area (Å²) in [7, 11) is 0. The van der Waals surface area contributed by atoms with Gasteiger partial charge in [0, 0.05) is 39.3 Å². The van der Waals surface area contributed by atoms with Crippen molar-refractivity contribution in [1.82, 2.24) is 9.80 Å². The van der Waals surface area contributed by atoms with Crippen molar-refractivity contribution in [1.29, 1.82) is 0 Å². The molecule has 2 aromatic rings. The van der Waals surface area contributed by atoms with Crippen molar-refractivity contribution in [3.63, 3.8) is 0 Å². The number of hydrogen-bond acceptors (Lipinski definition) is 4. The summed E-state index contributed by atoms with van der Waals surface area (Å²) in [5, 5.41) is 10.5. The van der Waals surface area contributed by atoms with Crippen LogP contribution in [-0.4, -0.2) is 60.3 Å². The van der Waals surface area contributed by atoms with Crippen molar-refractivity contribution < 1.29 is 9.84 Å². The summed E-state index contributed by atoms with van der Waals surface area (Å²) in [5.41, 5.74) is 2.59. The number of rotatable bonds is 9. The van der Waals surface area contributed by atoms with Crippen LogP contribution in [-0.2, 0) is 6.54 Å². The van der Waals surface area contributed by atoms with E-state index in [-0.39, 0.29) is 0 Å². The van der Waals surface area contributed by atoms with Crippen LogP contribution in [0.2, 0.25) is 0 Å². The molecular weight excluding hydrogens is 348 g/mol. The highest BCUT2D eigenvalue weighted by atomic mass is 16.5. The lowest BCUT2D eigenvalue weighted by molar-refractivity contribution is 0.0443. The van der Waals surface area contributed by atoms with E-state index in [1.165, 1.54) is 11.1 Å². The fourth-order valence-electron chi connectivity index (χ4n) is 3.75. The maximum absolute atomic E-state index is 10.5. The lowest BCUT2D eigenvalue weighted by Crippen LogP contribution is -2.48. The number of piperazine rings is 1. The molecule has 0 aromatic heterocycles. The van der Waals surface area contributed by atoms with Crippen LogP contribution in [0.1, 0.15) is 37.3 Å². The Bertz CT molecular complexity index is 699. The van der Waals surface area contributed by atoms with Crippen LogP contribution in [0.25, 0.3) is 0 Å². The third-order valence-electron chi connectivity index (χ3n) is 5.68. The van der Waals surface area contributed by atoms with Crippen molar-refractivity contribution in [2.24, 2.45) is 0 Å². The average molecular weight is 383 g/mol. The predicted octanol–water partition coefficient (Wildman–Crippen LogP) is 3.76. The first-order valence-corrected chi connectivity index (χ1v) is 10.5. The van der Waals surface area contributed by atoms with Gasteiger partial charge in [-0.3, -0.25) is 9.80 Å². The minimum Gasteiger partial charge on any atom is -0.491 e. The Kier molecular flexibility index (Phi) is 7.90. The van der Waals surface area contributed by atoms with Gasteiger partial charge < -0.3 is 9.84 Å². The highest BCUT2D eigenvalue weighted by Gasteiger charge is 2.20. The summed E-state index contributed by atoms with van der Waals surface area (Å²) >= 11 is 0. The third kappa shape index (κ3) is 6.06. The predicted molar refractivity (Wildman–Crippen MR) is 115 cm³/mol. The van der Waals surface area contributed by atoms with E-state index >= 15 is 0 Å². The molecule has 4 nitrogen and oxygen atoms in total. The maximum atomic E-state index is 10.5. The number of aliphatic hydroxyl groups is 1. The smallest absolute Gasteiger partial charge is 0.122 e. The molecule has 4 heteroatoms. The van der Waals surface area contributed by atoms with Gasteiger partial charge in [-0.25, -0.2) is 0 Å². The van der Waals surface area contributed by atoms with E-state index < -0.39 is 6.10 Å². The molecule has 1 fully saturated rings. The number of para-hydroxylation sites is 1. The van der Waals surface area contributed by atoms with Crippen LogP contribution in [0, 0.1) is 0 Å². The molecule has 1 aliphatic heterocycles. The maximum Gasteiger partial charge on any atom is 0.122 e. The van der Waals surface area contributed by atoms with Gasteiger partial charge in [0.25, 0.3) is 0 Å². The molecule has 1 saturated heterocycles.